The largest absolute Gasteiger partial charge is 0.394 e. The monoisotopic (exact) mass is 859 g/mol. The van der Waals surface area contributed by atoms with Crippen LogP contribution in [-0.2, 0) is 48.7 Å². The highest BCUT2D eigenvalue weighted by atomic mass is 32.4. The number of rotatable bonds is 14. The first-order valence-corrected chi connectivity index (χ1v) is 21.1. The van der Waals surface area contributed by atoms with Crippen molar-refractivity contribution in [3.8, 4) is 0 Å². The number of nitrogens with zero attached hydrogens (tertiary/aromatic N) is 5. The van der Waals surface area contributed by atoms with Crippen molar-refractivity contribution in [2.75, 3.05) is 25.6 Å². The molecule has 0 amide bonds. The minimum absolute atomic E-state index is 0.0140. The number of aliphatic hydroxyl groups is 2. The van der Waals surface area contributed by atoms with E-state index in [0.29, 0.717) is 0 Å². The smallest absolute Gasteiger partial charge is 0.330 e. The molecule has 3 saturated heterocycles. The zero-order chi connectivity index (χ0) is 40.7. The van der Waals surface area contributed by atoms with Gasteiger partial charge in [-0.3, -0.25) is 47.6 Å². The molecule has 4 aromatic rings. The number of aromatic amines is 3. The molecule has 4 aromatic heterocycles. The van der Waals surface area contributed by atoms with Gasteiger partial charge >= 0.3 is 19.6 Å². The molecule has 3 aliphatic rings. The molecule has 24 nitrogen and oxygen atoms in total. The van der Waals surface area contributed by atoms with Crippen LogP contribution in [0.25, 0.3) is 11.2 Å². The molecule has 0 saturated carbocycles. The van der Waals surface area contributed by atoms with Crippen LogP contribution in [0.4, 0.5) is 5.95 Å². The average molecular weight is 860 g/mol. The van der Waals surface area contributed by atoms with Gasteiger partial charge in [-0.1, -0.05) is 0 Å². The Morgan fingerprint density at radius 2 is 1.39 bits per heavy atom. The van der Waals surface area contributed by atoms with E-state index in [9.17, 15) is 38.8 Å². The molecule has 7 N–H and O–H groups in total. The zero-order valence-corrected chi connectivity index (χ0v) is 32.9. The maximum absolute atomic E-state index is 13.2. The molecule has 7 heterocycles. The average Bonchev–Trinajstić information content (AvgIpc) is 3.95. The molecule has 11 atom stereocenters. The second kappa shape index (κ2) is 17.1. The Bertz CT molecular complexity index is 2490. The summed E-state index contributed by atoms with van der Waals surface area (Å²) in [6, 6.07) is 0. The molecular formula is C30H39N9O15P2S. The van der Waals surface area contributed by atoms with Crippen LogP contribution in [0.5, 0.6) is 0 Å². The van der Waals surface area contributed by atoms with Gasteiger partial charge in [0.25, 0.3) is 16.7 Å². The first-order chi connectivity index (χ1) is 27.2. The summed E-state index contributed by atoms with van der Waals surface area (Å²) < 4.78 is 57.9. The lowest BCUT2D eigenvalue weighted by atomic mass is 10.2. The van der Waals surface area contributed by atoms with Crippen molar-refractivity contribution >= 4 is 44.3 Å². The molecule has 7 rings (SSSR count). The molecule has 310 valence electrons. The van der Waals surface area contributed by atoms with E-state index in [1.165, 1.54) is 37.1 Å². The van der Waals surface area contributed by atoms with Gasteiger partial charge in [0.2, 0.25) is 5.95 Å². The fourth-order valence-electron chi connectivity index (χ4n) is 6.71. The Labute approximate surface area is 325 Å². The number of nitrogens with two attached hydrogens (primary N) is 1. The molecule has 3 fully saturated rings. The summed E-state index contributed by atoms with van der Waals surface area (Å²) in [5, 5.41) is 20.7. The van der Waals surface area contributed by atoms with Gasteiger partial charge in [-0.05, 0) is 25.7 Å². The number of imidazole rings is 1. The predicted octanol–water partition coefficient (Wildman–Crippen LogP) is -1.67. The fourth-order valence-corrected chi connectivity index (χ4v) is 9.01. The van der Waals surface area contributed by atoms with E-state index >= 15 is 0 Å². The topological polar surface area (TPSA) is 321 Å². The van der Waals surface area contributed by atoms with Gasteiger partial charge in [0, 0.05) is 42.8 Å². The minimum atomic E-state index is -3.33. The number of aliphatic hydroxyl groups excluding tert-OH is 2. The molecule has 5 unspecified atom stereocenters. The summed E-state index contributed by atoms with van der Waals surface area (Å²) in [5.41, 5.74) is 3.28. The summed E-state index contributed by atoms with van der Waals surface area (Å²) in [6.07, 6.45) is -4.26. The van der Waals surface area contributed by atoms with Gasteiger partial charge in [-0.15, -0.1) is 0 Å². The maximum Gasteiger partial charge on any atom is 0.330 e. The van der Waals surface area contributed by atoms with Crippen LogP contribution >= 0.6 is 15.4 Å². The van der Waals surface area contributed by atoms with Crippen molar-refractivity contribution < 1.29 is 47.1 Å². The Hall–Kier alpha value is -3.97. The number of nitrogens with one attached hydrogen (secondary N) is 3. The first-order valence-electron chi connectivity index (χ1n) is 17.5. The van der Waals surface area contributed by atoms with Gasteiger partial charge in [-0.25, -0.2) is 14.6 Å². The van der Waals surface area contributed by atoms with Crippen molar-refractivity contribution in [3.05, 3.63) is 81.9 Å². The molecule has 0 bridgehead atoms. The number of aromatic nitrogens is 8. The normalized spacial score (nSPS) is 28.7. The molecule has 0 aliphatic carbocycles. The van der Waals surface area contributed by atoms with E-state index in [1.807, 2.05) is 0 Å². The first kappa shape index (κ1) is 41.2. The van der Waals surface area contributed by atoms with E-state index in [4.69, 9.17) is 49.8 Å². The van der Waals surface area contributed by atoms with Crippen LogP contribution in [0.1, 0.15) is 49.1 Å². The van der Waals surface area contributed by atoms with Crippen molar-refractivity contribution in [1.29, 1.82) is 0 Å². The number of ether oxygens (including phenoxy) is 3. The van der Waals surface area contributed by atoms with E-state index < -0.39 is 105 Å². The Morgan fingerprint density at radius 1 is 0.825 bits per heavy atom. The minimum Gasteiger partial charge on any atom is -0.394 e. The number of hydrogen-bond acceptors (Lipinski definition) is 19. The summed E-state index contributed by atoms with van der Waals surface area (Å²) in [6.45, 7) is 1.93. The number of anilines is 1. The molecule has 57 heavy (non-hydrogen) atoms. The molecule has 27 heteroatoms. The fraction of sp³-hybridized carbons (Fsp3) is 0.567. The SMILES string of the molecule is Cc1cn([C@H]2CC(O)[C@@H](CO[PH](=O)OC3C[C@H](n4cc(C)c(=O)[nH]c4=O)O[C@@H]3CO[PH](=S)OC3C[C@H](n4cnc5c(=O)[nH]c(N)nc54)O[C@@H]3CO)O2)c(=O)[nH]c1=O. The lowest BCUT2D eigenvalue weighted by Gasteiger charge is -2.22. The molecule has 0 aromatic carbocycles. The molecule has 0 spiro atoms. The summed E-state index contributed by atoms with van der Waals surface area (Å²) in [4.78, 5) is 76.1. The second-order valence-electron chi connectivity index (χ2n) is 13.5. The van der Waals surface area contributed by atoms with Gasteiger partial charge in [0.15, 0.2) is 18.3 Å². The van der Waals surface area contributed by atoms with Crippen LogP contribution < -0.4 is 33.8 Å². The van der Waals surface area contributed by atoms with Gasteiger partial charge in [-0.2, -0.15) is 4.98 Å². The van der Waals surface area contributed by atoms with E-state index in [1.54, 1.807) is 0 Å². The van der Waals surface area contributed by atoms with E-state index in [-0.39, 0.29) is 60.7 Å². The second-order valence-corrected chi connectivity index (χ2v) is 16.6. The number of hydrogen-bond donors (Lipinski definition) is 6. The lowest BCUT2D eigenvalue weighted by molar-refractivity contribution is -0.0499. The highest BCUT2D eigenvalue weighted by Gasteiger charge is 2.42. The van der Waals surface area contributed by atoms with Gasteiger partial charge in [0.1, 0.15) is 37.0 Å². The van der Waals surface area contributed by atoms with Crippen molar-refractivity contribution in [1.82, 2.24) is 38.6 Å². The molecule has 3 aliphatic heterocycles. The standard InChI is InChI=1S/C30H39N9O15P2S/c1-12-6-37(29(45)35-25(12)42)20-3-14(41)18(51-20)9-48-55(47)53-16-5-21(38-7-13(2)26(43)36-30(38)46)52-19(16)10-49-56(57)54-15-4-22(50-17(15)8-40)39-11-32-23-24(39)33-28(31)34-27(23)44/h6-7,11,14-22,40-41,55-56H,3-5,8-10H2,1-2H3,(H,35,42,45)(H,36,43,46)(H3,31,33,34,44)/t14?,15?,16?,17-,18-,19-,20-,21-,22-/m1/s1. The summed E-state index contributed by atoms with van der Waals surface area (Å²) in [5.74, 6) is -0.118. The summed E-state index contributed by atoms with van der Waals surface area (Å²) >= 11 is 5.52. The Morgan fingerprint density at radius 3 is 2.04 bits per heavy atom. The number of H-pyrrole nitrogens is 3. The Kier molecular flexibility index (Phi) is 12.4. The number of nitrogen functional groups attached to an aromatic ring is 1. The molecule has 0 radical (unpaired) electrons. The van der Waals surface area contributed by atoms with Gasteiger partial charge in [0.05, 0.1) is 44.5 Å². The quantitative estimate of drug-likeness (QED) is 0.0773. The van der Waals surface area contributed by atoms with Crippen molar-refractivity contribution in [2.45, 2.75) is 88.4 Å². The highest BCUT2D eigenvalue weighted by Crippen LogP contribution is 2.42. The van der Waals surface area contributed by atoms with E-state index in [2.05, 4.69) is 24.9 Å². The van der Waals surface area contributed by atoms with Crippen LogP contribution in [0.3, 0.4) is 0 Å². The lowest BCUT2D eigenvalue weighted by Crippen LogP contribution is -2.33. The van der Waals surface area contributed by atoms with Crippen LogP contribution in [-0.4, -0.2) is 105 Å². The van der Waals surface area contributed by atoms with Crippen molar-refractivity contribution in [2.24, 2.45) is 0 Å². The van der Waals surface area contributed by atoms with E-state index in [0.717, 1.165) is 9.13 Å². The maximum atomic E-state index is 13.2. The van der Waals surface area contributed by atoms with Crippen LogP contribution in [0.2, 0.25) is 0 Å². The summed E-state index contributed by atoms with van der Waals surface area (Å²) in [7, 11) is -5.86. The third-order valence-electron chi connectivity index (χ3n) is 9.64. The zero-order valence-electron chi connectivity index (χ0n) is 30.1. The van der Waals surface area contributed by atoms with Crippen LogP contribution in [0.15, 0.2) is 42.7 Å². The molecular weight excluding hydrogens is 820 g/mol. The van der Waals surface area contributed by atoms with Crippen molar-refractivity contribution in [3.63, 3.8) is 0 Å². The highest BCUT2D eigenvalue weighted by molar-refractivity contribution is 8.00. The third-order valence-corrected chi connectivity index (χ3v) is 12.1. The predicted molar refractivity (Wildman–Crippen MR) is 200 cm³/mol. The third kappa shape index (κ3) is 8.89. The Balaban J connectivity index is 0.989. The number of aryl methyl sites for hydroxylation is 2. The number of fused-ring (bicyclic) bond motifs is 1. The van der Waals surface area contributed by atoms with Crippen LogP contribution in [0, 0.1) is 13.8 Å². The van der Waals surface area contributed by atoms with Gasteiger partial charge < -0.3 is 48.3 Å².